The Balaban J connectivity index is 2.35. The molecule has 0 atom stereocenters. The van der Waals surface area contributed by atoms with Crippen molar-refractivity contribution < 1.29 is 0 Å². The van der Waals surface area contributed by atoms with Crippen molar-refractivity contribution in [1.29, 1.82) is 0 Å². The molecule has 3 nitrogen and oxygen atoms in total. The topological polar surface area (TPSA) is 48.8 Å². The molecular weight excluding hydrogens is 162 g/mol. The third kappa shape index (κ3) is 3.99. The molecule has 0 saturated carbocycles. The van der Waals surface area contributed by atoms with E-state index in [-0.39, 0.29) is 0 Å². The first-order valence-corrected chi connectivity index (χ1v) is 4.13. The quantitative estimate of drug-likeness (QED) is 0.291. The molecule has 0 amide bonds. The minimum Gasteiger partial charge on any atom is -0.0899 e. The SMILES string of the molecule is [N-]=[N+]=NC/C=C\Cc1ccccc1. The van der Waals surface area contributed by atoms with E-state index in [1.807, 2.05) is 30.4 Å². The molecule has 1 aromatic carbocycles. The van der Waals surface area contributed by atoms with Crippen molar-refractivity contribution in [2.45, 2.75) is 6.42 Å². The van der Waals surface area contributed by atoms with Crippen LogP contribution in [-0.4, -0.2) is 6.54 Å². The van der Waals surface area contributed by atoms with Crippen LogP contribution in [0.25, 0.3) is 10.4 Å². The molecule has 0 spiro atoms. The number of hydrogen-bond acceptors (Lipinski definition) is 1. The monoisotopic (exact) mass is 173 g/mol. The van der Waals surface area contributed by atoms with Crippen LogP contribution < -0.4 is 0 Å². The Kier molecular flexibility index (Phi) is 4.22. The molecule has 0 aliphatic heterocycles. The van der Waals surface area contributed by atoms with Crippen LogP contribution in [0, 0.1) is 0 Å². The average Bonchev–Trinajstić information content (AvgIpc) is 2.19. The molecule has 0 N–H and O–H groups in total. The van der Waals surface area contributed by atoms with Crippen molar-refractivity contribution in [2.24, 2.45) is 5.11 Å². The number of nitrogens with zero attached hydrogens (tertiary/aromatic N) is 3. The van der Waals surface area contributed by atoms with Gasteiger partial charge >= 0.3 is 0 Å². The zero-order valence-corrected chi connectivity index (χ0v) is 7.30. The molecule has 0 aliphatic carbocycles. The highest BCUT2D eigenvalue weighted by atomic mass is 15.1. The molecular formula is C10H11N3. The van der Waals surface area contributed by atoms with Crippen LogP contribution in [0.15, 0.2) is 47.6 Å². The Morgan fingerprint density at radius 2 is 2.00 bits per heavy atom. The van der Waals surface area contributed by atoms with Crippen LogP contribution >= 0.6 is 0 Å². The van der Waals surface area contributed by atoms with Gasteiger partial charge in [0.05, 0.1) is 0 Å². The standard InChI is InChI=1S/C10H11N3/c11-13-12-9-5-4-8-10-6-2-1-3-7-10/h1-7H,8-9H2/b5-4-. The molecule has 0 heterocycles. The zero-order chi connectivity index (χ0) is 9.36. The summed E-state index contributed by atoms with van der Waals surface area (Å²) in [4.78, 5) is 2.65. The van der Waals surface area contributed by atoms with Crippen LogP contribution in [0.5, 0.6) is 0 Å². The Labute approximate surface area is 77.3 Å². The zero-order valence-electron chi connectivity index (χ0n) is 7.30. The van der Waals surface area contributed by atoms with Crippen molar-refractivity contribution >= 4 is 0 Å². The van der Waals surface area contributed by atoms with Gasteiger partial charge < -0.3 is 0 Å². The number of benzene rings is 1. The summed E-state index contributed by atoms with van der Waals surface area (Å²) >= 11 is 0. The second-order valence-electron chi connectivity index (χ2n) is 2.57. The summed E-state index contributed by atoms with van der Waals surface area (Å²) in [5.41, 5.74) is 9.27. The molecule has 0 bridgehead atoms. The summed E-state index contributed by atoms with van der Waals surface area (Å²) < 4.78 is 0. The smallest absolute Gasteiger partial charge is 0.0440 e. The predicted molar refractivity (Wildman–Crippen MR) is 53.3 cm³/mol. The van der Waals surface area contributed by atoms with Crippen LogP contribution in [0.2, 0.25) is 0 Å². The first kappa shape index (κ1) is 9.36. The van der Waals surface area contributed by atoms with Gasteiger partial charge in [-0.05, 0) is 17.5 Å². The Hall–Kier alpha value is -1.73. The van der Waals surface area contributed by atoms with E-state index in [0.29, 0.717) is 6.54 Å². The van der Waals surface area contributed by atoms with E-state index in [4.69, 9.17) is 5.53 Å². The first-order valence-electron chi connectivity index (χ1n) is 4.13. The molecule has 0 aliphatic rings. The minimum atomic E-state index is 0.434. The summed E-state index contributed by atoms with van der Waals surface area (Å²) in [5, 5.41) is 3.40. The van der Waals surface area contributed by atoms with E-state index in [1.165, 1.54) is 5.56 Å². The molecule has 1 rings (SSSR count). The maximum Gasteiger partial charge on any atom is 0.0440 e. The molecule has 66 valence electrons. The molecule has 0 unspecified atom stereocenters. The lowest BCUT2D eigenvalue weighted by Crippen LogP contribution is -1.78. The predicted octanol–water partition coefficient (Wildman–Crippen LogP) is 3.10. The van der Waals surface area contributed by atoms with Crippen molar-refractivity contribution in [1.82, 2.24) is 0 Å². The van der Waals surface area contributed by atoms with E-state index < -0.39 is 0 Å². The van der Waals surface area contributed by atoms with Gasteiger partial charge in [0, 0.05) is 11.5 Å². The van der Waals surface area contributed by atoms with Gasteiger partial charge in [0.15, 0.2) is 0 Å². The summed E-state index contributed by atoms with van der Waals surface area (Å²) in [6.45, 7) is 0.434. The molecule has 0 radical (unpaired) electrons. The lowest BCUT2D eigenvalue weighted by Gasteiger charge is -1.92. The third-order valence-electron chi connectivity index (χ3n) is 1.61. The molecule has 0 fully saturated rings. The highest BCUT2D eigenvalue weighted by Gasteiger charge is 1.84. The third-order valence-corrected chi connectivity index (χ3v) is 1.61. The van der Waals surface area contributed by atoms with Crippen molar-refractivity contribution in [3.63, 3.8) is 0 Å². The summed E-state index contributed by atoms with van der Waals surface area (Å²) in [6, 6.07) is 10.1. The van der Waals surface area contributed by atoms with Crippen molar-refractivity contribution in [2.75, 3.05) is 6.54 Å². The molecule has 0 aromatic heterocycles. The number of hydrogen-bond donors (Lipinski definition) is 0. The molecule has 13 heavy (non-hydrogen) atoms. The molecule has 3 heteroatoms. The lowest BCUT2D eigenvalue weighted by molar-refractivity contribution is 1.18. The number of rotatable bonds is 4. The fraction of sp³-hybridized carbons (Fsp3) is 0.200. The maximum atomic E-state index is 8.01. The second-order valence-corrected chi connectivity index (χ2v) is 2.57. The van der Waals surface area contributed by atoms with Gasteiger partial charge in [-0.2, -0.15) is 0 Å². The van der Waals surface area contributed by atoms with Crippen LogP contribution in [0.3, 0.4) is 0 Å². The Bertz CT molecular complexity index is 310. The van der Waals surface area contributed by atoms with E-state index in [1.54, 1.807) is 0 Å². The van der Waals surface area contributed by atoms with Crippen molar-refractivity contribution in [3.05, 3.63) is 58.5 Å². The van der Waals surface area contributed by atoms with E-state index in [2.05, 4.69) is 22.2 Å². The van der Waals surface area contributed by atoms with Gasteiger partial charge in [0.2, 0.25) is 0 Å². The van der Waals surface area contributed by atoms with Gasteiger partial charge in [0.25, 0.3) is 0 Å². The van der Waals surface area contributed by atoms with E-state index >= 15 is 0 Å². The lowest BCUT2D eigenvalue weighted by atomic mass is 10.1. The average molecular weight is 173 g/mol. The minimum absolute atomic E-state index is 0.434. The maximum absolute atomic E-state index is 8.01. The van der Waals surface area contributed by atoms with Gasteiger partial charge in [-0.15, -0.1) is 0 Å². The molecule has 0 saturated heterocycles. The van der Waals surface area contributed by atoms with Gasteiger partial charge in [-0.25, -0.2) is 0 Å². The van der Waals surface area contributed by atoms with Gasteiger partial charge in [-0.1, -0.05) is 47.6 Å². The Morgan fingerprint density at radius 3 is 2.69 bits per heavy atom. The van der Waals surface area contributed by atoms with Crippen molar-refractivity contribution in [3.8, 4) is 0 Å². The van der Waals surface area contributed by atoms with Gasteiger partial charge in [0.1, 0.15) is 0 Å². The largest absolute Gasteiger partial charge is 0.0899 e. The highest BCUT2D eigenvalue weighted by Crippen LogP contribution is 1.99. The van der Waals surface area contributed by atoms with Crippen LogP contribution in [-0.2, 0) is 6.42 Å². The fourth-order valence-corrected chi connectivity index (χ4v) is 0.992. The second kappa shape index (κ2) is 5.86. The summed E-state index contributed by atoms with van der Waals surface area (Å²) in [7, 11) is 0. The highest BCUT2D eigenvalue weighted by molar-refractivity contribution is 5.17. The van der Waals surface area contributed by atoms with E-state index in [9.17, 15) is 0 Å². The first-order chi connectivity index (χ1) is 6.43. The fourth-order valence-electron chi connectivity index (χ4n) is 0.992. The number of allylic oxidation sites excluding steroid dienone is 1. The van der Waals surface area contributed by atoms with E-state index in [0.717, 1.165) is 6.42 Å². The number of azide groups is 1. The normalized spacial score (nSPS) is 9.85. The Morgan fingerprint density at radius 1 is 1.23 bits per heavy atom. The van der Waals surface area contributed by atoms with Crippen LogP contribution in [0.1, 0.15) is 5.56 Å². The summed E-state index contributed by atoms with van der Waals surface area (Å²) in [5.74, 6) is 0. The van der Waals surface area contributed by atoms with Crippen LogP contribution in [0.4, 0.5) is 0 Å². The van der Waals surface area contributed by atoms with Gasteiger partial charge in [-0.3, -0.25) is 0 Å². The summed E-state index contributed by atoms with van der Waals surface area (Å²) in [6.07, 6.45) is 4.76. The molecule has 1 aromatic rings.